The molecular formula is C15H17ClN4O3S. The smallest absolute Gasteiger partial charge is 0.255 e. The summed E-state index contributed by atoms with van der Waals surface area (Å²) >= 11 is 6.06. The quantitative estimate of drug-likeness (QED) is 0.820. The van der Waals surface area contributed by atoms with Crippen molar-refractivity contribution >= 4 is 27.3 Å². The van der Waals surface area contributed by atoms with Gasteiger partial charge in [0.05, 0.1) is 15.8 Å². The summed E-state index contributed by atoms with van der Waals surface area (Å²) in [7, 11) is -1.95. The molecule has 0 N–H and O–H groups in total. The molecule has 0 radical (unpaired) electrons. The molecule has 128 valence electrons. The summed E-state index contributed by atoms with van der Waals surface area (Å²) in [6.07, 6.45) is 2.10. The van der Waals surface area contributed by atoms with Crippen molar-refractivity contribution in [1.29, 1.82) is 0 Å². The van der Waals surface area contributed by atoms with E-state index < -0.39 is 15.1 Å². The molecule has 2 heterocycles. The average Bonchev–Trinajstić information content (AvgIpc) is 3.02. The highest BCUT2D eigenvalue weighted by Gasteiger charge is 2.35. The van der Waals surface area contributed by atoms with Crippen LogP contribution in [0.5, 0.6) is 0 Å². The minimum Gasteiger partial charge on any atom is -0.339 e. The average molecular weight is 369 g/mol. The number of sulfone groups is 1. The minimum absolute atomic E-state index is 0.0293. The Hall–Kier alpha value is -1.93. The molecule has 0 atom stereocenters. The first-order chi connectivity index (χ1) is 11.4. The zero-order valence-corrected chi connectivity index (χ0v) is 14.7. The number of rotatable bonds is 3. The van der Waals surface area contributed by atoms with Crippen molar-refractivity contribution in [3.05, 3.63) is 41.2 Å². The third-order valence-electron chi connectivity index (χ3n) is 4.20. The summed E-state index contributed by atoms with van der Waals surface area (Å²) in [6, 6.07) is 6.86. The van der Waals surface area contributed by atoms with E-state index in [9.17, 15) is 13.2 Å². The van der Waals surface area contributed by atoms with Gasteiger partial charge in [0.2, 0.25) is 15.0 Å². The van der Waals surface area contributed by atoms with E-state index >= 15 is 0 Å². The van der Waals surface area contributed by atoms with Gasteiger partial charge in [-0.2, -0.15) is 0 Å². The summed E-state index contributed by atoms with van der Waals surface area (Å²) in [6.45, 7) is 0.734. The van der Waals surface area contributed by atoms with Gasteiger partial charge >= 0.3 is 0 Å². The number of carbonyl (C=O) groups excluding carboxylic acids is 1. The predicted molar refractivity (Wildman–Crippen MR) is 88.6 cm³/mol. The summed E-state index contributed by atoms with van der Waals surface area (Å²) in [5.74, 6) is -0.171. The Morgan fingerprint density at radius 3 is 2.50 bits per heavy atom. The molecule has 1 aliphatic rings. The molecular weight excluding hydrogens is 352 g/mol. The first-order valence-corrected chi connectivity index (χ1v) is 9.45. The second-order valence-corrected chi connectivity index (χ2v) is 8.27. The van der Waals surface area contributed by atoms with Gasteiger partial charge < -0.3 is 9.47 Å². The molecule has 3 rings (SSSR count). The molecule has 0 unspecified atom stereocenters. The second kappa shape index (κ2) is 6.52. The minimum atomic E-state index is -3.55. The number of aryl methyl sites for hydroxylation is 1. The molecule has 0 spiro atoms. The molecule has 0 aliphatic carbocycles. The van der Waals surface area contributed by atoms with Crippen LogP contribution in [0.2, 0.25) is 5.02 Å². The summed E-state index contributed by atoms with van der Waals surface area (Å²) < 4.78 is 26.6. The third kappa shape index (κ3) is 3.03. The fraction of sp³-hybridized carbons (Fsp3) is 0.400. The van der Waals surface area contributed by atoms with E-state index in [1.165, 1.54) is 10.9 Å². The van der Waals surface area contributed by atoms with Gasteiger partial charge in [-0.25, -0.2) is 8.42 Å². The van der Waals surface area contributed by atoms with Crippen LogP contribution >= 0.6 is 11.6 Å². The number of halogens is 1. The van der Waals surface area contributed by atoms with Crippen LogP contribution in [0.1, 0.15) is 23.2 Å². The Labute approximate surface area is 145 Å². The number of hydrogen-bond acceptors (Lipinski definition) is 5. The fourth-order valence-electron chi connectivity index (χ4n) is 2.85. The van der Waals surface area contributed by atoms with Crippen LogP contribution in [-0.4, -0.2) is 52.3 Å². The van der Waals surface area contributed by atoms with Crippen LogP contribution < -0.4 is 0 Å². The van der Waals surface area contributed by atoms with Gasteiger partial charge in [0.15, 0.2) is 0 Å². The Morgan fingerprint density at radius 2 is 1.92 bits per heavy atom. The van der Waals surface area contributed by atoms with Gasteiger partial charge in [-0.3, -0.25) is 4.79 Å². The maximum Gasteiger partial charge on any atom is 0.255 e. The Morgan fingerprint density at radius 1 is 1.25 bits per heavy atom. The lowest BCUT2D eigenvalue weighted by atomic mass is 10.1. The molecule has 0 bridgehead atoms. The lowest BCUT2D eigenvalue weighted by molar-refractivity contribution is 0.0725. The molecule has 1 aliphatic heterocycles. The highest BCUT2D eigenvalue weighted by atomic mass is 35.5. The molecule has 7 nitrogen and oxygen atoms in total. The van der Waals surface area contributed by atoms with Gasteiger partial charge in [-0.1, -0.05) is 23.7 Å². The fourth-order valence-corrected chi connectivity index (χ4v) is 4.81. The number of benzene rings is 1. The first-order valence-electron chi connectivity index (χ1n) is 7.53. The van der Waals surface area contributed by atoms with E-state index in [1.807, 2.05) is 0 Å². The summed E-state index contributed by atoms with van der Waals surface area (Å²) in [5.41, 5.74) is 0.439. The highest BCUT2D eigenvalue weighted by molar-refractivity contribution is 7.91. The molecule has 2 aromatic rings. The molecule has 0 saturated carbocycles. The monoisotopic (exact) mass is 368 g/mol. The summed E-state index contributed by atoms with van der Waals surface area (Å²) in [5, 5.41) is 7.14. The highest BCUT2D eigenvalue weighted by Crippen LogP contribution is 2.25. The molecule has 1 aromatic heterocycles. The van der Waals surface area contributed by atoms with Crippen LogP contribution in [0.25, 0.3) is 0 Å². The van der Waals surface area contributed by atoms with Crippen LogP contribution in [-0.2, 0) is 16.9 Å². The largest absolute Gasteiger partial charge is 0.339 e. The zero-order valence-electron chi connectivity index (χ0n) is 13.1. The Balaban J connectivity index is 1.71. The number of amides is 1. The number of likely N-dealkylation sites (tertiary alicyclic amines) is 1. The van der Waals surface area contributed by atoms with E-state index in [-0.39, 0.29) is 11.1 Å². The van der Waals surface area contributed by atoms with E-state index in [1.54, 1.807) is 36.2 Å². The molecule has 1 aromatic carbocycles. The maximum atomic E-state index is 12.6. The van der Waals surface area contributed by atoms with Crippen molar-refractivity contribution in [2.75, 3.05) is 13.1 Å². The number of carbonyl (C=O) groups is 1. The first kappa shape index (κ1) is 16.9. The van der Waals surface area contributed by atoms with Crippen LogP contribution in [0, 0.1) is 0 Å². The van der Waals surface area contributed by atoms with Gasteiger partial charge in [-0.05, 0) is 25.0 Å². The van der Waals surface area contributed by atoms with Crippen LogP contribution in [0.4, 0.5) is 0 Å². The normalized spacial score (nSPS) is 16.3. The number of piperidine rings is 1. The number of nitrogens with zero attached hydrogens (tertiary/aromatic N) is 4. The topological polar surface area (TPSA) is 85.2 Å². The molecule has 9 heteroatoms. The van der Waals surface area contributed by atoms with Gasteiger partial charge in [0.1, 0.15) is 6.33 Å². The van der Waals surface area contributed by atoms with Crippen molar-refractivity contribution in [2.24, 2.45) is 7.05 Å². The van der Waals surface area contributed by atoms with Gasteiger partial charge in [0, 0.05) is 20.1 Å². The Bertz CT molecular complexity index is 857. The summed E-state index contributed by atoms with van der Waals surface area (Å²) in [4.78, 5) is 14.2. The lowest BCUT2D eigenvalue weighted by Gasteiger charge is -2.31. The maximum absolute atomic E-state index is 12.6. The Kier molecular flexibility index (Phi) is 4.60. The predicted octanol–water partition coefficient (Wildman–Crippen LogP) is 1.55. The van der Waals surface area contributed by atoms with E-state index in [4.69, 9.17) is 11.6 Å². The molecule has 1 amide bonds. The van der Waals surface area contributed by atoms with E-state index in [0.717, 1.165) is 0 Å². The third-order valence-corrected chi connectivity index (χ3v) is 6.75. The van der Waals surface area contributed by atoms with Crippen LogP contribution in [0.15, 0.2) is 35.7 Å². The SMILES string of the molecule is Cn1cnnc1S(=O)(=O)C1CCN(C(=O)c2ccccc2Cl)CC1. The van der Waals surface area contributed by atoms with Gasteiger partial charge in [-0.15, -0.1) is 10.2 Å². The molecule has 1 saturated heterocycles. The van der Waals surface area contributed by atoms with E-state index in [2.05, 4.69) is 10.2 Å². The van der Waals surface area contributed by atoms with Crippen LogP contribution in [0.3, 0.4) is 0 Å². The van der Waals surface area contributed by atoms with Crippen molar-refractivity contribution in [3.63, 3.8) is 0 Å². The van der Waals surface area contributed by atoms with Crippen molar-refractivity contribution < 1.29 is 13.2 Å². The molecule has 24 heavy (non-hydrogen) atoms. The van der Waals surface area contributed by atoms with Crippen molar-refractivity contribution in [1.82, 2.24) is 19.7 Å². The van der Waals surface area contributed by atoms with Crippen molar-refractivity contribution in [2.45, 2.75) is 23.2 Å². The second-order valence-electron chi connectivity index (χ2n) is 5.74. The standard InChI is InChI=1S/C15H17ClN4O3S/c1-19-10-17-18-15(19)24(22,23)11-6-8-20(9-7-11)14(21)12-4-2-3-5-13(12)16/h2-5,10-11H,6-9H2,1H3. The zero-order chi connectivity index (χ0) is 17.3. The van der Waals surface area contributed by atoms with Gasteiger partial charge in [0.25, 0.3) is 5.91 Å². The lowest BCUT2D eigenvalue weighted by Crippen LogP contribution is -2.43. The molecule has 1 fully saturated rings. The van der Waals surface area contributed by atoms with E-state index in [0.29, 0.717) is 36.5 Å². The number of hydrogen-bond donors (Lipinski definition) is 0. The number of aromatic nitrogens is 3. The van der Waals surface area contributed by atoms with Crippen molar-refractivity contribution in [3.8, 4) is 0 Å².